The first-order chi connectivity index (χ1) is 9.37. The van der Waals surface area contributed by atoms with Crippen LogP contribution in [0.3, 0.4) is 0 Å². The zero-order chi connectivity index (χ0) is 14.8. The number of benzene rings is 2. The van der Waals surface area contributed by atoms with Crippen LogP contribution in [0, 0.1) is 11.3 Å². The first-order valence-corrected chi connectivity index (χ1v) is 5.54. The Morgan fingerprint density at radius 1 is 1.00 bits per heavy atom. The number of alkyl halides is 3. The predicted octanol–water partition coefficient (Wildman–Crippen LogP) is 3.71. The maximum Gasteiger partial charge on any atom is 0.573 e. The average Bonchev–Trinajstić information content (AvgIpc) is 2.37. The van der Waals surface area contributed by atoms with Gasteiger partial charge in [-0.3, -0.25) is 0 Å². The third-order valence-corrected chi connectivity index (χ3v) is 2.51. The van der Waals surface area contributed by atoms with Crippen molar-refractivity contribution in [1.82, 2.24) is 0 Å². The first-order valence-electron chi connectivity index (χ1n) is 5.54. The number of anilines is 1. The summed E-state index contributed by atoms with van der Waals surface area (Å²) in [6.45, 7) is 0. The molecule has 2 aromatic rings. The highest BCUT2D eigenvalue weighted by Crippen LogP contribution is 2.30. The second-order valence-electron chi connectivity index (χ2n) is 4.03. The van der Waals surface area contributed by atoms with E-state index in [9.17, 15) is 13.2 Å². The predicted molar refractivity (Wildman–Crippen MR) is 67.7 cm³/mol. The normalized spacial score (nSPS) is 10.9. The molecule has 2 N–H and O–H groups in total. The van der Waals surface area contributed by atoms with Crippen LogP contribution in [-0.2, 0) is 0 Å². The van der Waals surface area contributed by atoms with E-state index in [0.29, 0.717) is 16.8 Å². The van der Waals surface area contributed by atoms with Gasteiger partial charge < -0.3 is 10.5 Å². The highest BCUT2D eigenvalue weighted by molar-refractivity contribution is 5.68. The zero-order valence-electron chi connectivity index (χ0n) is 10.1. The van der Waals surface area contributed by atoms with Gasteiger partial charge in [0, 0.05) is 5.69 Å². The molecule has 0 saturated carbocycles. The molecule has 0 aliphatic rings. The highest BCUT2D eigenvalue weighted by Gasteiger charge is 2.31. The minimum Gasteiger partial charge on any atom is -0.406 e. The number of ether oxygens (including phenoxy) is 1. The molecular weight excluding hydrogens is 269 g/mol. The minimum absolute atomic E-state index is 0.0820. The molecule has 0 aromatic heterocycles. The third kappa shape index (κ3) is 3.42. The summed E-state index contributed by atoms with van der Waals surface area (Å²) >= 11 is 0. The van der Waals surface area contributed by atoms with Gasteiger partial charge in [-0.15, -0.1) is 13.2 Å². The molecule has 2 aromatic carbocycles. The molecule has 0 aliphatic heterocycles. The van der Waals surface area contributed by atoms with Gasteiger partial charge in [0.2, 0.25) is 0 Å². The molecule has 0 bridgehead atoms. The van der Waals surface area contributed by atoms with Crippen molar-refractivity contribution >= 4 is 5.69 Å². The molecule has 0 atom stereocenters. The Morgan fingerprint density at radius 2 is 1.65 bits per heavy atom. The van der Waals surface area contributed by atoms with E-state index in [2.05, 4.69) is 4.74 Å². The monoisotopic (exact) mass is 278 g/mol. The van der Waals surface area contributed by atoms with E-state index >= 15 is 0 Å². The molecule has 0 aliphatic carbocycles. The molecular formula is C14H9F3N2O. The molecule has 0 saturated heterocycles. The average molecular weight is 278 g/mol. The van der Waals surface area contributed by atoms with Gasteiger partial charge >= 0.3 is 6.36 Å². The van der Waals surface area contributed by atoms with E-state index in [1.54, 1.807) is 30.3 Å². The van der Waals surface area contributed by atoms with E-state index in [4.69, 9.17) is 11.0 Å². The molecule has 3 nitrogen and oxygen atoms in total. The number of rotatable bonds is 2. The quantitative estimate of drug-likeness (QED) is 0.852. The lowest BCUT2D eigenvalue weighted by molar-refractivity contribution is -0.274. The van der Waals surface area contributed by atoms with Gasteiger partial charge in [-0.1, -0.05) is 12.1 Å². The number of nitriles is 1. The summed E-state index contributed by atoms with van der Waals surface area (Å²) in [6.07, 6.45) is -4.80. The molecule has 0 spiro atoms. The third-order valence-electron chi connectivity index (χ3n) is 2.51. The largest absolute Gasteiger partial charge is 0.573 e. The van der Waals surface area contributed by atoms with Crippen molar-refractivity contribution in [3.8, 4) is 22.9 Å². The van der Waals surface area contributed by atoms with Gasteiger partial charge in [-0.25, -0.2) is 0 Å². The molecule has 0 heterocycles. The minimum atomic E-state index is -4.80. The second-order valence-corrected chi connectivity index (χ2v) is 4.03. The lowest BCUT2D eigenvalue weighted by atomic mass is 10.0. The number of nitrogens with zero attached hydrogens (tertiary/aromatic N) is 1. The van der Waals surface area contributed by atoms with Gasteiger partial charge in [-0.2, -0.15) is 5.26 Å². The van der Waals surface area contributed by atoms with Gasteiger partial charge in [0.05, 0.1) is 11.6 Å². The van der Waals surface area contributed by atoms with Gasteiger partial charge in [0.15, 0.2) is 0 Å². The van der Waals surface area contributed by atoms with E-state index in [1.807, 2.05) is 0 Å². The maximum atomic E-state index is 12.2. The molecule has 0 unspecified atom stereocenters. The van der Waals surface area contributed by atoms with Crippen molar-refractivity contribution in [3.63, 3.8) is 0 Å². The van der Waals surface area contributed by atoms with Crippen LogP contribution in [0.15, 0.2) is 42.5 Å². The van der Waals surface area contributed by atoms with Crippen LogP contribution in [0.5, 0.6) is 5.75 Å². The lowest BCUT2D eigenvalue weighted by Gasteiger charge is -2.11. The zero-order valence-corrected chi connectivity index (χ0v) is 10.1. The van der Waals surface area contributed by atoms with Crippen LogP contribution < -0.4 is 10.5 Å². The fourth-order valence-corrected chi connectivity index (χ4v) is 1.70. The Bertz CT molecular complexity index is 658. The summed E-state index contributed by atoms with van der Waals surface area (Å²) in [5.41, 5.74) is 7.26. The van der Waals surface area contributed by atoms with Crippen LogP contribution >= 0.6 is 0 Å². The SMILES string of the molecule is N#Cc1cc(OC(F)(F)F)cc(-c2ccc(N)cc2)c1. The summed E-state index contributed by atoms with van der Waals surface area (Å²) in [4.78, 5) is 0. The van der Waals surface area contributed by atoms with Crippen LogP contribution in [-0.4, -0.2) is 6.36 Å². The van der Waals surface area contributed by atoms with Crippen molar-refractivity contribution in [2.75, 3.05) is 5.73 Å². The second kappa shape index (κ2) is 5.13. The molecule has 0 fully saturated rings. The van der Waals surface area contributed by atoms with Crippen molar-refractivity contribution in [1.29, 1.82) is 5.26 Å². The standard InChI is InChI=1S/C14H9F3N2O/c15-14(16,17)20-13-6-9(8-18)5-11(7-13)10-1-3-12(19)4-2-10/h1-7H,19H2. The van der Waals surface area contributed by atoms with Crippen molar-refractivity contribution in [2.45, 2.75) is 6.36 Å². The lowest BCUT2D eigenvalue weighted by Crippen LogP contribution is -2.17. The summed E-state index contributed by atoms with van der Waals surface area (Å²) in [6, 6.07) is 12.1. The number of hydrogen-bond donors (Lipinski definition) is 1. The molecule has 0 radical (unpaired) electrons. The number of hydrogen-bond acceptors (Lipinski definition) is 3. The van der Waals surface area contributed by atoms with Crippen molar-refractivity contribution in [3.05, 3.63) is 48.0 Å². The Labute approximate surface area is 113 Å². The van der Waals surface area contributed by atoms with Crippen molar-refractivity contribution in [2.24, 2.45) is 0 Å². The summed E-state index contributed by atoms with van der Waals surface area (Å²) in [7, 11) is 0. The van der Waals surface area contributed by atoms with Crippen LogP contribution in [0.1, 0.15) is 5.56 Å². The molecule has 20 heavy (non-hydrogen) atoms. The summed E-state index contributed by atoms with van der Waals surface area (Å²) < 4.78 is 40.6. The number of halogens is 3. The van der Waals surface area contributed by atoms with Crippen LogP contribution in [0.4, 0.5) is 18.9 Å². The van der Waals surface area contributed by atoms with Crippen molar-refractivity contribution < 1.29 is 17.9 Å². The van der Waals surface area contributed by atoms with E-state index in [0.717, 1.165) is 6.07 Å². The molecule has 102 valence electrons. The van der Waals surface area contributed by atoms with Crippen LogP contribution in [0.25, 0.3) is 11.1 Å². The number of nitrogens with two attached hydrogens (primary N) is 1. The highest BCUT2D eigenvalue weighted by atomic mass is 19.4. The van der Waals surface area contributed by atoms with Gasteiger partial charge in [-0.05, 0) is 41.5 Å². The van der Waals surface area contributed by atoms with E-state index in [1.165, 1.54) is 12.1 Å². The molecule has 0 amide bonds. The summed E-state index contributed by atoms with van der Waals surface area (Å²) in [5, 5.41) is 8.87. The Balaban J connectivity index is 2.46. The van der Waals surface area contributed by atoms with E-state index < -0.39 is 12.1 Å². The fraction of sp³-hybridized carbons (Fsp3) is 0.0714. The molecule has 6 heteroatoms. The van der Waals surface area contributed by atoms with Gasteiger partial charge in [0.25, 0.3) is 0 Å². The Kier molecular flexibility index (Phi) is 3.53. The van der Waals surface area contributed by atoms with E-state index in [-0.39, 0.29) is 5.56 Å². The Hall–Kier alpha value is -2.68. The Morgan fingerprint density at radius 3 is 2.20 bits per heavy atom. The molecule has 2 rings (SSSR count). The fourth-order valence-electron chi connectivity index (χ4n) is 1.70. The summed E-state index contributed by atoms with van der Waals surface area (Å²) in [5.74, 6) is -0.427. The smallest absolute Gasteiger partial charge is 0.406 e. The topological polar surface area (TPSA) is 59.0 Å². The van der Waals surface area contributed by atoms with Crippen LogP contribution in [0.2, 0.25) is 0 Å². The first kappa shape index (κ1) is 13.7. The maximum absolute atomic E-state index is 12.2. The van der Waals surface area contributed by atoms with Gasteiger partial charge in [0.1, 0.15) is 5.75 Å². The number of nitrogen functional groups attached to an aromatic ring is 1.